The fraction of sp³-hybridized carbons (Fsp3) is 0.273. The third-order valence-corrected chi connectivity index (χ3v) is 1.66. The van der Waals surface area contributed by atoms with Gasteiger partial charge < -0.3 is 10.5 Å². The summed E-state index contributed by atoms with van der Waals surface area (Å²) >= 11 is 0. The molecule has 0 fully saturated rings. The van der Waals surface area contributed by atoms with Gasteiger partial charge in [0.05, 0.1) is 12.7 Å². The van der Waals surface area contributed by atoms with E-state index < -0.39 is 0 Å². The summed E-state index contributed by atoms with van der Waals surface area (Å²) in [6, 6.07) is 4.26. The van der Waals surface area contributed by atoms with Gasteiger partial charge in [0, 0.05) is 19.0 Å². The minimum Gasteiger partial charge on any atom is -0.495 e. The van der Waals surface area contributed by atoms with E-state index in [1.165, 1.54) is 19.2 Å². The Bertz CT molecular complexity index is 365. The highest BCUT2D eigenvalue weighted by atomic mass is 19.1. The second kappa shape index (κ2) is 5.25. The summed E-state index contributed by atoms with van der Waals surface area (Å²) in [5.74, 6) is 5.86. The monoisotopic (exact) mass is 193 g/mol. The second-order valence-corrected chi connectivity index (χ2v) is 2.69. The van der Waals surface area contributed by atoms with Crippen LogP contribution in [-0.4, -0.2) is 13.7 Å². The van der Waals surface area contributed by atoms with Crippen molar-refractivity contribution in [1.82, 2.24) is 0 Å². The predicted octanol–water partition coefficient (Wildman–Crippen LogP) is 1.53. The number of hydrogen-bond acceptors (Lipinski definition) is 2. The molecule has 1 aromatic rings. The molecule has 0 aromatic heterocycles. The van der Waals surface area contributed by atoms with Gasteiger partial charge in [0.25, 0.3) is 0 Å². The first kappa shape index (κ1) is 10.6. The fourth-order valence-electron chi connectivity index (χ4n) is 0.998. The highest BCUT2D eigenvalue weighted by Crippen LogP contribution is 2.18. The van der Waals surface area contributed by atoms with Crippen LogP contribution in [0.1, 0.15) is 12.0 Å². The molecular formula is C11H12FNO. The molecular weight excluding hydrogens is 181 g/mol. The van der Waals surface area contributed by atoms with Crippen molar-refractivity contribution >= 4 is 0 Å². The number of halogens is 1. The van der Waals surface area contributed by atoms with Gasteiger partial charge in [-0.3, -0.25) is 0 Å². The maximum absolute atomic E-state index is 12.8. The van der Waals surface area contributed by atoms with Crippen LogP contribution < -0.4 is 10.5 Å². The van der Waals surface area contributed by atoms with Gasteiger partial charge in [0.1, 0.15) is 11.6 Å². The maximum atomic E-state index is 12.8. The van der Waals surface area contributed by atoms with Crippen LogP contribution in [0.25, 0.3) is 0 Å². The minimum atomic E-state index is -0.328. The molecule has 0 aliphatic carbocycles. The molecule has 0 atom stereocenters. The van der Waals surface area contributed by atoms with Crippen LogP contribution in [-0.2, 0) is 0 Å². The van der Waals surface area contributed by atoms with E-state index in [9.17, 15) is 4.39 Å². The largest absolute Gasteiger partial charge is 0.495 e. The van der Waals surface area contributed by atoms with E-state index in [0.29, 0.717) is 24.3 Å². The highest BCUT2D eigenvalue weighted by Gasteiger charge is 2.00. The number of ether oxygens (including phenoxy) is 1. The van der Waals surface area contributed by atoms with Gasteiger partial charge in [-0.25, -0.2) is 4.39 Å². The molecule has 0 saturated heterocycles. The number of rotatable bonds is 2. The standard InChI is InChI=1S/C11H12FNO/c1-14-11-8-10(12)6-5-9(11)4-2-3-7-13/h5-6,8H,3,7,13H2,1H3. The zero-order valence-electron chi connectivity index (χ0n) is 8.01. The van der Waals surface area contributed by atoms with Crippen LogP contribution in [0.4, 0.5) is 4.39 Å². The molecule has 2 nitrogen and oxygen atoms in total. The lowest BCUT2D eigenvalue weighted by Gasteiger charge is -2.01. The number of methoxy groups -OCH3 is 1. The van der Waals surface area contributed by atoms with Crippen LogP contribution in [0, 0.1) is 17.7 Å². The topological polar surface area (TPSA) is 35.2 Å². The molecule has 14 heavy (non-hydrogen) atoms. The van der Waals surface area contributed by atoms with Gasteiger partial charge in [-0.05, 0) is 12.1 Å². The average molecular weight is 193 g/mol. The summed E-state index contributed by atoms with van der Waals surface area (Å²) in [6.07, 6.45) is 0.626. The first-order valence-corrected chi connectivity index (χ1v) is 4.30. The van der Waals surface area contributed by atoms with Gasteiger partial charge in [-0.1, -0.05) is 11.8 Å². The number of hydrogen-bond donors (Lipinski definition) is 1. The maximum Gasteiger partial charge on any atom is 0.137 e. The third kappa shape index (κ3) is 2.75. The molecule has 0 saturated carbocycles. The zero-order chi connectivity index (χ0) is 10.4. The Morgan fingerprint density at radius 2 is 2.29 bits per heavy atom. The summed E-state index contributed by atoms with van der Waals surface area (Å²) in [5, 5.41) is 0. The Labute approximate surface area is 82.9 Å². The Morgan fingerprint density at radius 3 is 2.93 bits per heavy atom. The second-order valence-electron chi connectivity index (χ2n) is 2.69. The van der Waals surface area contributed by atoms with Gasteiger partial charge in [0.15, 0.2) is 0 Å². The first-order valence-electron chi connectivity index (χ1n) is 4.30. The molecule has 0 amide bonds. The van der Waals surface area contributed by atoms with Crippen molar-refractivity contribution < 1.29 is 9.13 Å². The predicted molar refractivity (Wildman–Crippen MR) is 53.5 cm³/mol. The zero-order valence-corrected chi connectivity index (χ0v) is 8.01. The van der Waals surface area contributed by atoms with Crippen molar-refractivity contribution in [3.8, 4) is 17.6 Å². The molecule has 1 rings (SSSR count). The molecule has 0 bridgehead atoms. The summed E-state index contributed by atoms with van der Waals surface area (Å²) in [5.41, 5.74) is 5.98. The summed E-state index contributed by atoms with van der Waals surface area (Å²) in [7, 11) is 1.49. The van der Waals surface area contributed by atoms with Crippen molar-refractivity contribution in [3.05, 3.63) is 29.6 Å². The molecule has 3 heteroatoms. The van der Waals surface area contributed by atoms with Crippen LogP contribution in [0.5, 0.6) is 5.75 Å². The Kier molecular flexibility index (Phi) is 3.96. The van der Waals surface area contributed by atoms with Crippen molar-refractivity contribution in [2.75, 3.05) is 13.7 Å². The van der Waals surface area contributed by atoms with Crippen LogP contribution >= 0.6 is 0 Å². The van der Waals surface area contributed by atoms with Crippen LogP contribution in [0.2, 0.25) is 0 Å². The molecule has 2 N–H and O–H groups in total. The molecule has 0 heterocycles. The van der Waals surface area contributed by atoms with Gasteiger partial charge in [0.2, 0.25) is 0 Å². The minimum absolute atomic E-state index is 0.328. The van der Waals surface area contributed by atoms with E-state index in [4.69, 9.17) is 10.5 Å². The van der Waals surface area contributed by atoms with Crippen LogP contribution in [0.3, 0.4) is 0 Å². The van der Waals surface area contributed by atoms with Crippen molar-refractivity contribution in [2.24, 2.45) is 5.73 Å². The Balaban J connectivity index is 2.92. The van der Waals surface area contributed by atoms with E-state index in [2.05, 4.69) is 11.8 Å². The third-order valence-electron chi connectivity index (χ3n) is 1.66. The molecule has 1 aromatic carbocycles. The van der Waals surface area contributed by atoms with Gasteiger partial charge >= 0.3 is 0 Å². The van der Waals surface area contributed by atoms with E-state index in [1.807, 2.05) is 0 Å². The van der Waals surface area contributed by atoms with Gasteiger partial charge in [-0.15, -0.1) is 0 Å². The van der Waals surface area contributed by atoms with Gasteiger partial charge in [-0.2, -0.15) is 0 Å². The average Bonchev–Trinajstić information content (AvgIpc) is 2.20. The Morgan fingerprint density at radius 1 is 1.50 bits per heavy atom. The Hall–Kier alpha value is -1.53. The van der Waals surface area contributed by atoms with E-state index >= 15 is 0 Å². The lowest BCUT2D eigenvalue weighted by molar-refractivity contribution is 0.410. The lowest BCUT2D eigenvalue weighted by Crippen LogP contribution is -1.95. The van der Waals surface area contributed by atoms with E-state index in [1.54, 1.807) is 6.07 Å². The molecule has 0 aliphatic heterocycles. The van der Waals surface area contributed by atoms with Crippen molar-refractivity contribution in [3.63, 3.8) is 0 Å². The quantitative estimate of drug-likeness (QED) is 0.723. The first-order chi connectivity index (χ1) is 6.77. The number of nitrogens with two attached hydrogens (primary N) is 1. The van der Waals surface area contributed by atoms with Crippen molar-refractivity contribution in [1.29, 1.82) is 0 Å². The molecule has 0 spiro atoms. The summed E-state index contributed by atoms with van der Waals surface area (Å²) in [4.78, 5) is 0. The van der Waals surface area contributed by atoms with Crippen LogP contribution in [0.15, 0.2) is 18.2 Å². The van der Waals surface area contributed by atoms with E-state index in [0.717, 1.165) is 0 Å². The molecule has 0 aliphatic rings. The SMILES string of the molecule is COc1cc(F)ccc1C#CCCN. The molecule has 74 valence electrons. The van der Waals surface area contributed by atoms with E-state index in [-0.39, 0.29) is 5.82 Å². The fourth-order valence-corrected chi connectivity index (χ4v) is 0.998. The van der Waals surface area contributed by atoms with Crippen molar-refractivity contribution in [2.45, 2.75) is 6.42 Å². The normalized spacial score (nSPS) is 9.07. The molecule has 0 unspecified atom stereocenters. The highest BCUT2D eigenvalue weighted by molar-refractivity contribution is 5.46. The smallest absolute Gasteiger partial charge is 0.137 e. The summed E-state index contributed by atoms with van der Waals surface area (Å²) < 4.78 is 17.8. The summed E-state index contributed by atoms with van der Waals surface area (Å²) in [6.45, 7) is 0.524. The lowest BCUT2D eigenvalue weighted by atomic mass is 10.2. The number of benzene rings is 1. The molecule has 0 radical (unpaired) electrons.